The van der Waals surface area contributed by atoms with E-state index in [0.717, 1.165) is 60.5 Å². The fourth-order valence-electron chi connectivity index (χ4n) is 8.96. The summed E-state index contributed by atoms with van der Waals surface area (Å²) in [7, 11) is 0. The van der Waals surface area contributed by atoms with Crippen molar-refractivity contribution in [2.75, 3.05) is 0 Å². The monoisotopic (exact) mass is 396 g/mol. The van der Waals surface area contributed by atoms with Gasteiger partial charge in [-0.2, -0.15) is 0 Å². The standard InChI is InChI=1S/C26H40N2O/c1-17(14-19-16-27-12-13-28-19)23-6-7-24-22-5-4-18-15-25(2,29)10-8-20(18)21(22)9-11-26(23,24)3/h12-13,16-18,20-24,29H,4-11,14-15H2,1-3H3/t17?,18-,20-,21+,22+,23+,24-,25+,26+/m0/s1. The van der Waals surface area contributed by atoms with Gasteiger partial charge in [0.05, 0.1) is 11.3 Å². The molecule has 0 bridgehead atoms. The minimum Gasteiger partial charge on any atom is -0.390 e. The number of fused-ring (bicyclic) bond motifs is 5. The predicted octanol–water partition coefficient (Wildman–Crippen LogP) is 5.68. The molecule has 0 radical (unpaired) electrons. The van der Waals surface area contributed by atoms with E-state index in [2.05, 4.69) is 30.7 Å². The third-order valence-corrected chi connectivity index (χ3v) is 10.1. The largest absolute Gasteiger partial charge is 0.390 e. The summed E-state index contributed by atoms with van der Waals surface area (Å²) >= 11 is 0. The summed E-state index contributed by atoms with van der Waals surface area (Å²) in [5.41, 5.74) is 1.29. The molecule has 4 aliphatic rings. The highest BCUT2D eigenvalue weighted by molar-refractivity contribution is 5.08. The van der Waals surface area contributed by atoms with Crippen LogP contribution in [-0.2, 0) is 6.42 Å². The molecule has 3 nitrogen and oxygen atoms in total. The van der Waals surface area contributed by atoms with Gasteiger partial charge < -0.3 is 5.11 Å². The summed E-state index contributed by atoms with van der Waals surface area (Å²) in [6.45, 7) is 7.20. The molecule has 1 unspecified atom stereocenters. The molecular weight excluding hydrogens is 356 g/mol. The number of nitrogens with zero attached hydrogens (tertiary/aromatic N) is 2. The second-order valence-electron chi connectivity index (χ2n) is 11.8. The maximum absolute atomic E-state index is 10.6. The fraction of sp³-hybridized carbons (Fsp3) is 0.846. The maximum atomic E-state index is 10.6. The Morgan fingerprint density at radius 3 is 2.62 bits per heavy atom. The highest BCUT2D eigenvalue weighted by Crippen LogP contribution is 2.65. The Morgan fingerprint density at radius 2 is 1.83 bits per heavy atom. The van der Waals surface area contributed by atoms with Crippen molar-refractivity contribution in [2.45, 2.75) is 90.6 Å². The van der Waals surface area contributed by atoms with Crippen LogP contribution in [0.1, 0.15) is 84.3 Å². The van der Waals surface area contributed by atoms with E-state index in [0.29, 0.717) is 11.3 Å². The van der Waals surface area contributed by atoms with Crippen molar-refractivity contribution < 1.29 is 5.11 Å². The molecule has 1 aromatic heterocycles. The van der Waals surface area contributed by atoms with Gasteiger partial charge in [0, 0.05) is 18.6 Å². The fourth-order valence-corrected chi connectivity index (χ4v) is 8.96. The zero-order chi connectivity index (χ0) is 20.2. The van der Waals surface area contributed by atoms with Crippen LogP contribution in [0, 0.1) is 46.8 Å². The molecule has 0 spiro atoms. The lowest BCUT2D eigenvalue weighted by Gasteiger charge is -2.57. The van der Waals surface area contributed by atoms with Crippen molar-refractivity contribution in [2.24, 2.45) is 46.8 Å². The van der Waals surface area contributed by atoms with Gasteiger partial charge in [0.15, 0.2) is 0 Å². The van der Waals surface area contributed by atoms with Crippen LogP contribution in [-0.4, -0.2) is 20.7 Å². The predicted molar refractivity (Wildman–Crippen MR) is 116 cm³/mol. The van der Waals surface area contributed by atoms with Crippen LogP contribution in [0.3, 0.4) is 0 Å². The van der Waals surface area contributed by atoms with Crippen LogP contribution in [0.4, 0.5) is 0 Å². The lowest BCUT2D eigenvalue weighted by Crippen LogP contribution is -2.50. The first-order valence-electron chi connectivity index (χ1n) is 12.3. The molecule has 4 aliphatic carbocycles. The van der Waals surface area contributed by atoms with E-state index < -0.39 is 5.60 Å². The smallest absolute Gasteiger partial charge is 0.0622 e. The Labute approximate surface area is 177 Å². The highest BCUT2D eigenvalue weighted by Gasteiger charge is 2.58. The zero-order valence-electron chi connectivity index (χ0n) is 18.7. The van der Waals surface area contributed by atoms with Gasteiger partial charge in [-0.05, 0) is 118 Å². The molecule has 0 amide bonds. The van der Waals surface area contributed by atoms with Gasteiger partial charge in [-0.25, -0.2) is 0 Å². The maximum Gasteiger partial charge on any atom is 0.0622 e. The van der Waals surface area contributed by atoms with Crippen LogP contribution < -0.4 is 0 Å². The van der Waals surface area contributed by atoms with Crippen molar-refractivity contribution in [3.63, 3.8) is 0 Å². The molecular formula is C26H40N2O. The molecule has 0 saturated heterocycles. The summed E-state index contributed by atoms with van der Waals surface area (Å²) in [6.07, 6.45) is 18.5. The first kappa shape index (κ1) is 20.0. The molecule has 3 heteroatoms. The van der Waals surface area contributed by atoms with Gasteiger partial charge in [-0.1, -0.05) is 13.8 Å². The van der Waals surface area contributed by atoms with Gasteiger partial charge in [0.2, 0.25) is 0 Å². The van der Waals surface area contributed by atoms with Crippen LogP contribution in [0.2, 0.25) is 0 Å². The molecule has 0 aromatic carbocycles. The number of hydrogen-bond donors (Lipinski definition) is 1. The number of aromatic nitrogens is 2. The lowest BCUT2D eigenvalue weighted by atomic mass is 9.48. The Hall–Kier alpha value is -0.960. The molecule has 4 fully saturated rings. The van der Waals surface area contributed by atoms with Crippen molar-refractivity contribution in [1.82, 2.24) is 9.97 Å². The van der Waals surface area contributed by atoms with Crippen LogP contribution in [0.15, 0.2) is 18.6 Å². The Morgan fingerprint density at radius 1 is 1.00 bits per heavy atom. The highest BCUT2D eigenvalue weighted by atomic mass is 16.3. The van der Waals surface area contributed by atoms with E-state index in [1.165, 1.54) is 44.9 Å². The molecule has 4 saturated carbocycles. The normalized spacial score (nSPS) is 47.7. The first-order chi connectivity index (χ1) is 13.9. The minimum absolute atomic E-state index is 0.397. The number of aliphatic hydroxyl groups is 1. The van der Waals surface area contributed by atoms with Crippen molar-refractivity contribution >= 4 is 0 Å². The molecule has 1 N–H and O–H groups in total. The SMILES string of the molecule is CC(Cc1cnccn1)[C@H]1CC[C@H]2[C@@H]3CC[C@H]4C[C@](C)(O)CC[C@@H]4[C@H]3CC[C@]12C. The van der Waals surface area contributed by atoms with Crippen LogP contribution in [0.25, 0.3) is 0 Å². The topological polar surface area (TPSA) is 46.0 Å². The molecule has 1 heterocycles. The average Bonchev–Trinajstić information content (AvgIpc) is 3.05. The van der Waals surface area contributed by atoms with E-state index >= 15 is 0 Å². The van der Waals surface area contributed by atoms with Crippen molar-refractivity contribution in [3.8, 4) is 0 Å². The van der Waals surface area contributed by atoms with E-state index in [1.807, 2.05) is 12.4 Å². The molecule has 5 rings (SSSR count). The summed E-state index contributed by atoms with van der Waals surface area (Å²) < 4.78 is 0. The van der Waals surface area contributed by atoms with Gasteiger partial charge in [-0.3, -0.25) is 9.97 Å². The summed E-state index contributed by atoms with van der Waals surface area (Å²) in [6, 6.07) is 0. The molecule has 9 atom stereocenters. The number of rotatable bonds is 3. The Bertz CT molecular complexity index is 719. The molecule has 29 heavy (non-hydrogen) atoms. The van der Waals surface area contributed by atoms with E-state index in [1.54, 1.807) is 6.20 Å². The minimum atomic E-state index is -0.397. The molecule has 1 aromatic rings. The Balaban J connectivity index is 1.31. The van der Waals surface area contributed by atoms with Gasteiger partial charge >= 0.3 is 0 Å². The summed E-state index contributed by atoms with van der Waals surface area (Å²) in [5, 5.41) is 10.6. The van der Waals surface area contributed by atoms with Gasteiger partial charge in [0.1, 0.15) is 0 Å². The van der Waals surface area contributed by atoms with Gasteiger partial charge in [0.25, 0.3) is 0 Å². The third kappa shape index (κ3) is 3.46. The quantitative estimate of drug-likeness (QED) is 0.715. The van der Waals surface area contributed by atoms with Crippen molar-refractivity contribution in [1.29, 1.82) is 0 Å². The van der Waals surface area contributed by atoms with Crippen LogP contribution >= 0.6 is 0 Å². The summed E-state index contributed by atoms with van der Waals surface area (Å²) in [5.74, 6) is 6.04. The lowest BCUT2D eigenvalue weighted by molar-refractivity contribution is -0.102. The third-order valence-electron chi connectivity index (χ3n) is 10.1. The zero-order valence-corrected chi connectivity index (χ0v) is 18.7. The second kappa shape index (κ2) is 7.32. The van der Waals surface area contributed by atoms with E-state index in [4.69, 9.17) is 0 Å². The Kier molecular flexibility index (Phi) is 5.04. The molecule has 160 valence electrons. The van der Waals surface area contributed by atoms with Crippen LogP contribution in [0.5, 0.6) is 0 Å². The second-order valence-corrected chi connectivity index (χ2v) is 11.8. The summed E-state index contributed by atoms with van der Waals surface area (Å²) in [4.78, 5) is 8.84. The first-order valence-corrected chi connectivity index (χ1v) is 12.3. The number of hydrogen-bond acceptors (Lipinski definition) is 3. The molecule has 0 aliphatic heterocycles. The van der Waals surface area contributed by atoms with Crippen molar-refractivity contribution in [3.05, 3.63) is 24.3 Å². The van der Waals surface area contributed by atoms with Gasteiger partial charge in [-0.15, -0.1) is 0 Å². The van der Waals surface area contributed by atoms with E-state index in [-0.39, 0.29) is 0 Å². The average molecular weight is 397 g/mol. The van der Waals surface area contributed by atoms with E-state index in [9.17, 15) is 5.11 Å².